The molecule has 0 bridgehead atoms. The van der Waals surface area contributed by atoms with Crippen LogP contribution in [0, 0.1) is 13.8 Å². The Bertz CT molecular complexity index is 1050. The third-order valence-electron chi connectivity index (χ3n) is 6.07. The molecule has 0 saturated heterocycles. The van der Waals surface area contributed by atoms with Crippen LogP contribution in [0.4, 0.5) is 0 Å². The molecule has 8 nitrogen and oxygen atoms in total. The number of rotatable bonds is 7. The summed E-state index contributed by atoms with van der Waals surface area (Å²) in [6, 6.07) is 6.46. The molecule has 1 saturated carbocycles. The predicted molar refractivity (Wildman–Crippen MR) is 110 cm³/mol. The lowest BCUT2D eigenvalue weighted by atomic mass is 10.0. The van der Waals surface area contributed by atoms with Crippen molar-refractivity contribution in [2.45, 2.75) is 58.7 Å². The Labute approximate surface area is 169 Å². The van der Waals surface area contributed by atoms with Crippen LogP contribution >= 0.6 is 0 Å². The van der Waals surface area contributed by atoms with Gasteiger partial charge >= 0.3 is 0 Å². The van der Waals surface area contributed by atoms with Gasteiger partial charge in [-0.2, -0.15) is 0 Å². The number of benzene rings is 1. The number of hydrogen-bond acceptors (Lipinski definition) is 5. The van der Waals surface area contributed by atoms with Gasteiger partial charge < -0.3 is 15.0 Å². The normalized spacial score (nSPS) is 16.0. The van der Waals surface area contributed by atoms with Gasteiger partial charge in [0.2, 0.25) is 5.82 Å². The lowest BCUT2D eigenvalue weighted by Crippen LogP contribution is -3.10. The second kappa shape index (κ2) is 8.42. The molecule has 0 radical (unpaired) electrons. The average Bonchev–Trinajstić information content (AvgIpc) is 3.37. The Kier molecular flexibility index (Phi) is 5.73. The predicted octanol–water partition coefficient (Wildman–Crippen LogP) is 0.824. The van der Waals surface area contributed by atoms with Crippen LogP contribution in [0.2, 0.25) is 0 Å². The van der Waals surface area contributed by atoms with Crippen molar-refractivity contribution in [3.8, 4) is 0 Å². The van der Waals surface area contributed by atoms with Crippen molar-refractivity contribution >= 4 is 10.9 Å². The molecule has 3 N–H and O–H groups in total. The van der Waals surface area contributed by atoms with E-state index in [0.29, 0.717) is 25.7 Å². The van der Waals surface area contributed by atoms with Crippen LogP contribution in [0.1, 0.15) is 54.2 Å². The summed E-state index contributed by atoms with van der Waals surface area (Å²) in [6.07, 6.45) is 4.64. The van der Waals surface area contributed by atoms with E-state index >= 15 is 0 Å². The molecular formula is C21H29N6O2+. The summed E-state index contributed by atoms with van der Waals surface area (Å²) in [5, 5.41) is 23.0. The highest BCUT2D eigenvalue weighted by Gasteiger charge is 2.24. The van der Waals surface area contributed by atoms with Gasteiger partial charge in [0.15, 0.2) is 0 Å². The fraction of sp³-hybridized carbons (Fsp3) is 0.524. The van der Waals surface area contributed by atoms with E-state index in [0.717, 1.165) is 51.2 Å². The first-order chi connectivity index (χ1) is 14.1. The SMILES string of the molecule is Cc1ccc(C)c2[nH]c(=O)c(C[NH+](CCO)Cc3nnnn3C3CCCC3)cc12. The number of hydrogen-bond donors (Lipinski definition) is 3. The van der Waals surface area contributed by atoms with Gasteiger partial charge in [0.05, 0.1) is 23.7 Å². The summed E-state index contributed by atoms with van der Waals surface area (Å²) in [7, 11) is 0. The fourth-order valence-corrected chi connectivity index (χ4v) is 4.40. The van der Waals surface area contributed by atoms with E-state index in [-0.39, 0.29) is 12.2 Å². The molecule has 29 heavy (non-hydrogen) atoms. The Hall–Kier alpha value is -2.58. The second-order valence-corrected chi connectivity index (χ2v) is 8.17. The number of H-pyrrole nitrogens is 1. The van der Waals surface area contributed by atoms with Crippen LogP contribution in [0.15, 0.2) is 23.0 Å². The molecule has 1 aliphatic rings. The van der Waals surface area contributed by atoms with Gasteiger partial charge in [0.1, 0.15) is 19.6 Å². The number of quaternary nitrogens is 1. The van der Waals surface area contributed by atoms with Crippen LogP contribution in [-0.2, 0) is 13.1 Å². The van der Waals surface area contributed by atoms with Crippen molar-refractivity contribution in [1.82, 2.24) is 25.2 Å². The first-order valence-corrected chi connectivity index (χ1v) is 10.4. The first-order valence-electron chi connectivity index (χ1n) is 10.4. The molecule has 4 rings (SSSR count). The van der Waals surface area contributed by atoms with Crippen molar-refractivity contribution in [3.63, 3.8) is 0 Å². The van der Waals surface area contributed by atoms with Gasteiger partial charge in [-0.3, -0.25) is 4.79 Å². The zero-order valence-electron chi connectivity index (χ0n) is 17.1. The van der Waals surface area contributed by atoms with Crippen LogP contribution in [0.5, 0.6) is 0 Å². The number of nitrogens with one attached hydrogen (secondary N) is 2. The second-order valence-electron chi connectivity index (χ2n) is 8.17. The van der Waals surface area contributed by atoms with Gasteiger partial charge in [-0.05, 0) is 54.3 Å². The van der Waals surface area contributed by atoms with E-state index in [2.05, 4.69) is 33.5 Å². The molecule has 1 unspecified atom stereocenters. The summed E-state index contributed by atoms with van der Waals surface area (Å²) in [4.78, 5) is 16.9. The molecule has 0 spiro atoms. The molecule has 1 aliphatic carbocycles. The minimum atomic E-state index is -0.0722. The van der Waals surface area contributed by atoms with Crippen LogP contribution in [0.25, 0.3) is 10.9 Å². The number of tetrazole rings is 1. The quantitative estimate of drug-likeness (QED) is 0.548. The summed E-state index contributed by atoms with van der Waals surface area (Å²) in [5.41, 5.74) is 3.74. The van der Waals surface area contributed by atoms with E-state index in [9.17, 15) is 9.90 Å². The molecule has 1 fully saturated rings. The summed E-state index contributed by atoms with van der Waals surface area (Å²) < 4.78 is 1.95. The fourth-order valence-electron chi connectivity index (χ4n) is 4.40. The number of aryl methyl sites for hydroxylation is 2. The molecule has 2 heterocycles. The third-order valence-corrected chi connectivity index (χ3v) is 6.07. The molecule has 3 aromatic rings. The van der Waals surface area contributed by atoms with Crippen molar-refractivity contribution in [1.29, 1.82) is 0 Å². The Balaban J connectivity index is 1.61. The highest BCUT2D eigenvalue weighted by Crippen LogP contribution is 2.28. The standard InChI is InChI=1S/C21H28N6O2/c1-14-7-8-15(2)20-18(14)11-16(21(29)22-20)12-26(9-10-28)13-19-23-24-25-27(19)17-5-3-4-6-17/h7-8,11,17,28H,3-6,9-10,12-13H2,1-2H3,(H,22,29)/p+1. The minimum absolute atomic E-state index is 0.0456. The summed E-state index contributed by atoms with van der Waals surface area (Å²) in [5.74, 6) is 0.824. The monoisotopic (exact) mass is 397 g/mol. The molecular weight excluding hydrogens is 368 g/mol. The third kappa shape index (κ3) is 4.09. The first kappa shape index (κ1) is 19.7. The molecule has 0 amide bonds. The van der Waals surface area contributed by atoms with E-state index in [1.54, 1.807) is 0 Å². The Morgan fingerprint density at radius 2 is 1.97 bits per heavy atom. The van der Waals surface area contributed by atoms with Crippen LogP contribution in [-0.4, -0.2) is 43.4 Å². The number of aromatic amines is 1. The maximum atomic E-state index is 12.7. The number of nitrogens with zero attached hydrogens (tertiary/aromatic N) is 4. The van der Waals surface area contributed by atoms with Crippen LogP contribution in [0.3, 0.4) is 0 Å². The van der Waals surface area contributed by atoms with Gasteiger partial charge in [0.25, 0.3) is 5.56 Å². The molecule has 1 aromatic carbocycles. The van der Waals surface area contributed by atoms with Gasteiger partial charge in [-0.1, -0.05) is 25.0 Å². The number of fused-ring (bicyclic) bond motifs is 1. The van der Waals surface area contributed by atoms with E-state index in [1.165, 1.54) is 12.8 Å². The number of aliphatic hydroxyl groups is 1. The largest absolute Gasteiger partial charge is 0.391 e. The molecule has 154 valence electrons. The summed E-state index contributed by atoms with van der Waals surface area (Å²) >= 11 is 0. The zero-order chi connectivity index (χ0) is 20.4. The zero-order valence-corrected chi connectivity index (χ0v) is 17.1. The van der Waals surface area contributed by atoms with Crippen molar-refractivity contribution in [3.05, 3.63) is 51.1 Å². The number of pyridine rings is 1. The summed E-state index contributed by atoms with van der Waals surface area (Å²) in [6.45, 7) is 5.72. The van der Waals surface area contributed by atoms with Crippen molar-refractivity contribution in [2.75, 3.05) is 13.2 Å². The van der Waals surface area contributed by atoms with Gasteiger partial charge in [-0.15, -0.1) is 5.10 Å². The van der Waals surface area contributed by atoms with Crippen molar-refractivity contribution in [2.24, 2.45) is 0 Å². The van der Waals surface area contributed by atoms with E-state index in [1.807, 2.05) is 23.7 Å². The molecule has 8 heteroatoms. The molecule has 1 atom stereocenters. The maximum Gasteiger partial charge on any atom is 0.257 e. The lowest BCUT2D eigenvalue weighted by molar-refractivity contribution is -0.928. The van der Waals surface area contributed by atoms with Gasteiger partial charge in [-0.25, -0.2) is 4.68 Å². The van der Waals surface area contributed by atoms with Gasteiger partial charge in [0, 0.05) is 5.39 Å². The smallest absolute Gasteiger partial charge is 0.257 e. The Morgan fingerprint density at radius 1 is 1.21 bits per heavy atom. The minimum Gasteiger partial charge on any atom is -0.391 e. The van der Waals surface area contributed by atoms with Crippen molar-refractivity contribution < 1.29 is 10.0 Å². The average molecular weight is 398 g/mol. The topological polar surface area (TPSA) is 101 Å². The Morgan fingerprint density at radius 3 is 2.72 bits per heavy atom. The van der Waals surface area contributed by atoms with E-state index in [4.69, 9.17) is 0 Å². The van der Waals surface area contributed by atoms with Crippen LogP contribution < -0.4 is 10.5 Å². The maximum absolute atomic E-state index is 12.7. The molecule has 0 aliphatic heterocycles. The molecule has 2 aromatic heterocycles. The lowest BCUT2D eigenvalue weighted by Gasteiger charge is -2.19. The number of aliphatic hydroxyl groups excluding tert-OH is 1. The number of aromatic nitrogens is 5. The highest BCUT2D eigenvalue weighted by atomic mass is 16.3. The van der Waals surface area contributed by atoms with E-state index < -0.39 is 0 Å². The highest BCUT2D eigenvalue weighted by molar-refractivity contribution is 5.85.